The van der Waals surface area contributed by atoms with Gasteiger partial charge in [-0.2, -0.15) is 0 Å². The summed E-state index contributed by atoms with van der Waals surface area (Å²) in [4.78, 5) is 24.6. The van der Waals surface area contributed by atoms with Gasteiger partial charge in [-0.1, -0.05) is 12.8 Å². The number of carbonyl (C=O) groups is 1. The number of carbonyl (C=O) groups excluding carboxylic acids is 1. The molecule has 0 radical (unpaired) electrons. The molecular formula is C15H18FN3O4. The molecule has 1 saturated heterocycles. The van der Waals surface area contributed by atoms with E-state index < -0.39 is 22.3 Å². The molecule has 7 nitrogen and oxygen atoms in total. The number of nitro benzene ring substituents is 1. The van der Waals surface area contributed by atoms with E-state index in [1.807, 2.05) is 0 Å². The van der Waals surface area contributed by atoms with Crippen molar-refractivity contribution in [3.63, 3.8) is 0 Å². The number of hydrogen-bond acceptors (Lipinski definition) is 5. The van der Waals surface area contributed by atoms with Crippen LogP contribution >= 0.6 is 0 Å². The minimum absolute atomic E-state index is 0.0220. The van der Waals surface area contributed by atoms with Crippen molar-refractivity contribution in [2.75, 3.05) is 18.9 Å². The van der Waals surface area contributed by atoms with Crippen molar-refractivity contribution in [1.29, 1.82) is 0 Å². The van der Waals surface area contributed by atoms with Crippen molar-refractivity contribution in [3.05, 3.63) is 33.6 Å². The van der Waals surface area contributed by atoms with E-state index in [0.29, 0.717) is 13.2 Å². The number of fused-ring (bicyclic) bond motifs is 1. The molecule has 8 heteroatoms. The zero-order valence-electron chi connectivity index (χ0n) is 12.5. The maximum absolute atomic E-state index is 13.7. The standard InChI is InChI=1S/C15H18FN3O4/c16-9-7-10(14(17)12(8-9)19(21)22)15(20)18-5-6-23-13-4-2-1-3-11(13)18/h7-8,11,13H,1-6,17H2/t11-,13-/m0/s1. The molecule has 0 spiro atoms. The fourth-order valence-corrected chi connectivity index (χ4v) is 3.43. The number of halogens is 1. The summed E-state index contributed by atoms with van der Waals surface area (Å²) in [6.07, 6.45) is 3.72. The van der Waals surface area contributed by atoms with Gasteiger partial charge in [0.05, 0.1) is 35.3 Å². The van der Waals surface area contributed by atoms with E-state index in [-0.39, 0.29) is 23.4 Å². The Hall–Kier alpha value is -2.22. The lowest BCUT2D eigenvalue weighted by atomic mass is 9.89. The van der Waals surface area contributed by atoms with E-state index in [9.17, 15) is 19.3 Å². The molecule has 1 saturated carbocycles. The molecular weight excluding hydrogens is 305 g/mol. The summed E-state index contributed by atoms with van der Waals surface area (Å²) in [7, 11) is 0. The molecule has 1 aromatic rings. The Balaban J connectivity index is 1.95. The van der Waals surface area contributed by atoms with Gasteiger partial charge in [0.1, 0.15) is 11.5 Å². The lowest BCUT2D eigenvalue weighted by Crippen LogP contribution is -2.54. The number of morpholine rings is 1. The average molecular weight is 323 g/mol. The van der Waals surface area contributed by atoms with Crippen LogP contribution in [-0.2, 0) is 4.74 Å². The number of ether oxygens (including phenoxy) is 1. The maximum Gasteiger partial charge on any atom is 0.295 e. The van der Waals surface area contributed by atoms with Crippen LogP contribution in [0.4, 0.5) is 15.8 Å². The molecule has 0 aromatic heterocycles. The summed E-state index contributed by atoms with van der Waals surface area (Å²) < 4.78 is 19.4. The third-order valence-electron chi connectivity index (χ3n) is 4.54. The molecule has 1 heterocycles. The number of nitrogen functional groups attached to an aromatic ring is 1. The topological polar surface area (TPSA) is 98.7 Å². The van der Waals surface area contributed by atoms with Crippen LogP contribution in [0, 0.1) is 15.9 Å². The molecule has 2 atom stereocenters. The second-order valence-corrected chi connectivity index (χ2v) is 5.90. The summed E-state index contributed by atoms with van der Waals surface area (Å²) in [6, 6.07) is 1.62. The lowest BCUT2D eigenvalue weighted by Gasteiger charge is -2.43. The van der Waals surface area contributed by atoms with Gasteiger partial charge >= 0.3 is 0 Å². The largest absolute Gasteiger partial charge is 0.393 e. The summed E-state index contributed by atoms with van der Waals surface area (Å²) in [5, 5.41) is 11.0. The van der Waals surface area contributed by atoms with Crippen LogP contribution in [0.3, 0.4) is 0 Å². The molecule has 1 aliphatic carbocycles. The van der Waals surface area contributed by atoms with Gasteiger partial charge in [0.2, 0.25) is 0 Å². The van der Waals surface area contributed by atoms with Gasteiger partial charge in [-0.25, -0.2) is 4.39 Å². The number of amides is 1. The van der Waals surface area contributed by atoms with Gasteiger partial charge in [-0.3, -0.25) is 14.9 Å². The Kier molecular flexibility index (Phi) is 4.16. The van der Waals surface area contributed by atoms with E-state index >= 15 is 0 Å². The van der Waals surface area contributed by atoms with Crippen molar-refractivity contribution < 1.29 is 18.8 Å². The third-order valence-corrected chi connectivity index (χ3v) is 4.54. The van der Waals surface area contributed by atoms with Crippen LogP contribution in [-0.4, -0.2) is 41.0 Å². The van der Waals surface area contributed by atoms with Crippen molar-refractivity contribution >= 4 is 17.3 Å². The van der Waals surface area contributed by atoms with Gasteiger partial charge in [0, 0.05) is 6.54 Å². The van der Waals surface area contributed by atoms with E-state index in [1.54, 1.807) is 4.90 Å². The minimum atomic E-state index is -0.845. The molecule has 2 N–H and O–H groups in total. The normalized spacial score (nSPS) is 24.1. The summed E-state index contributed by atoms with van der Waals surface area (Å²) in [5.41, 5.74) is 4.72. The van der Waals surface area contributed by atoms with Crippen LogP contribution in [0.5, 0.6) is 0 Å². The first-order chi connectivity index (χ1) is 11.0. The smallest absolute Gasteiger partial charge is 0.295 e. The van der Waals surface area contributed by atoms with Crippen LogP contribution in [0.25, 0.3) is 0 Å². The van der Waals surface area contributed by atoms with E-state index in [2.05, 4.69) is 0 Å². The quantitative estimate of drug-likeness (QED) is 0.510. The van der Waals surface area contributed by atoms with Crippen molar-refractivity contribution in [3.8, 4) is 0 Å². The molecule has 2 aliphatic rings. The van der Waals surface area contributed by atoms with Crippen LogP contribution < -0.4 is 5.73 Å². The third kappa shape index (κ3) is 2.86. The minimum Gasteiger partial charge on any atom is -0.393 e. The fraction of sp³-hybridized carbons (Fsp3) is 0.533. The highest BCUT2D eigenvalue weighted by atomic mass is 19.1. The second-order valence-electron chi connectivity index (χ2n) is 5.90. The number of nitrogens with zero attached hydrogens (tertiary/aromatic N) is 2. The molecule has 23 heavy (non-hydrogen) atoms. The van der Waals surface area contributed by atoms with Gasteiger partial charge in [0.25, 0.3) is 11.6 Å². The number of anilines is 1. The van der Waals surface area contributed by atoms with Gasteiger partial charge < -0.3 is 15.4 Å². The molecule has 3 rings (SSSR count). The predicted octanol–water partition coefficient (Wildman–Crippen LogP) is 2.10. The highest BCUT2D eigenvalue weighted by Gasteiger charge is 2.38. The summed E-state index contributed by atoms with van der Waals surface area (Å²) in [5.74, 6) is -1.31. The fourth-order valence-electron chi connectivity index (χ4n) is 3.43. The van der Waals surface area contributed by atoms with E-state index in [1.165, 1.54) is 0 Å². The van der Waals surface area contributed by atoms with Crippen molar-refractivity contribution in [2.24, 2.45) is 0 Å². The molecule has 0 unspecified atom stereocenters. The van der Waals surface area contributed by atoms with Crippen LogP contribution in [0.15, 0.2) is 12.1 Å². The Morgan fingerprint density at radius 2 is 2.13 bits per heavy atom. The van der Waals surface area contributed by atoms with Gasteiger partial charge in [0.15, 0.2) is 0 Å². The molecule has 1 amide bonds. The summed E-state index contributed by atoms with van der Waals surface area (Å²) in [6.45, 7) is 0.786. The molecule has 124 valence electrons. The highest BCUT2D eigenvalue weighted by Crippen LogP contribution is 2.32. The first-order valence-corrected chi connectivity index (χ1v) is 7.65. The Morgan fingerprint density at radius 3 is 2.87 bits per heavy atom. The second kappa shape index (κ2) is 6.11. The predicted molar refractivity (Wildman–Crippen MR) is 80.5 cm³/mol. The first kappa shape index (κ1) is 15.7. The number of nitro groups is 1. The number of nitrogens with two attached hydrogens (primary N) is 1. The first-order valence-electron chi connectivity index (χ1n) is 7.65. The van der Waals surface area contributed by atoms with E-state index in [4.69, 9.17) is 10.5 Å². The maximum atomic E-state index is 13.7. The van der Waals surface area contributed by atoms with Crippen LogP contribution in [0.1, 0.15) is 36.0 Å². The lowest BCUT2D eigenvalue weighted by molar-refractivity contribution is -0.384. The van der Waals surface area contributed by atoms with E-state index in [0.717, 1.165) is 37.8 Å². The van der Waals surface area contributed by atoms with Crippen LogP contribution in [0.2, 0.25) is 0 Å². The number of rotatable bonds is 2. The Bertz CT molecular complexity index is 650. The average Bonchev–Trinajstić information content (AvgIpc) is 2.55. The van der Waals surface area contributed by atoms with Gasteiger partial charge in [-0.15, -0.1) is 0 Å². The van der Waals surface area contributed by atoms with Crippen molar-refractivity contribution in [1.82, 2.24) is 4.90 Å². The Morgan fingerprint density at radius 1 is 1.39 bits per heavy atom. The molecule has 0 bridgehead atoms. The zero-order valence-corrected chi connectivity index (χ0v) is 12.5. The molecule has 1 aliphatic heterocycles. The zero-order chi connectivity index (χ0) is 16.6. The highest BCUT2D eigenvalue weighted by molar-refractivity contribution is 6.01. The Labute approximate surface area is 132 Å². The summed E-state index contributed by atoms with van der Waals surface area (Å²) >= 11 is 0. The molecule has 1 aromatic carbocycles. The van der Waals surface area contributed by atoms with Gasteiger partial charge in [-0.05, 0) is 18.9 Å². The van der Waals surface area contributed by atoms with Crippen molar-refractivity contribution in [2.45, 2.75) is 37.8 Å². The number of benzene rings is 1. The SMILES string of the molecule is Nc1c(C(=O)N2CCO[C@H]3CCCC[C@@H]32)cc(F)cc1[N+](=O)[O-]. The monoisotopic (exact) mass is 323 g/mol. The number of hydrogen-bond donors (Lipinski definition) is 1. The molecule has 2 fully saturated rings.